The molecule has 1 aromatic heterocycles. The Morgan fingerprint density at radius 2 is 2.15 bits per heavy atom. The van der Waals surface area contributed by atoms with Gasteiger partial charge in [-0.05, 0) is 44.5 Å². The zero-order chi connectivity index (χ0) is 13.9. The second-order valence-corrected chi connectivity index (χ2v) is 5.62. The summed E-state index contributed by atoms with van der Waals surface area (Å²) in [5.74, 6) is 0.654. The number of rotatable bonds is 4. The van der Waals surface area contributed by atoms with Gasteiger partial charge in [0.2, 0.25) is 0 Å². The fourth-order valence-electron chi connectivity index (χ4n) is 2.89. The molecule has 3 rings (SSSR count). The molecule has 0 amide bonds. The summed E-state index contributed by atoms with van der Waals surface area (Å²) in [5, 5.41) is 4.48. The minimum absolute atomic E-state index is 0.406. The van der Waals surface area contributed by atoms with Gasteiger partial charge in [-0.3, -0.25) is 4.90 Å². The van der Waals surface area contributed by atoms with E-state index in [1.807, 2.05) is 29.1 Å². The Morgan fingerprint density at radius 3 is 2.85 bits per heavy atom. The molecule has 2 atom stereocenters. The van der Waals surface area contributed by atoms with E-state index in [9.17, 15) is 0 Å². The first kappa shape index (κ1) is 13.3. The summed E-state index contributed by atoms with van der Waals surface area (Å²) in [5.41, 5.74) is 8.15. The molecule has 4 heteroatoms. The van der Waals surface area contributed by atoms with Crippen molar-refractivity contribution in [3.63, 3.8) is 0 Å². The van der Waals surface area contributed by atoms with E-state index >= 15 is 0 Å². The summed E-state index contributed by atoms with van der Waals surface area (Å²) < 4.78 is 1.95. The number of benzene rings is 1. The van der Waals surface area contributed by atoms with Crippen molar-refractivity contribution in [2.45, 2.75) is 19.4 Å². The van der Waals surface area contributed by atoms with Crippen LogP contribution in [0.5, 0.6) is 0 Å². The van der Waals surface area contributed by atoms with E-state index in [-0.39, 0.29) is 0 Å². The molecule has 1 fully saturated rings. The Morgan fingerprint density at radius 1 is 1.35 bits per heavy atom. The molecule has 2 heterocycles. The van der Waals surface area contributed by atoms with Crippen molar-refractivity contribution < 1.29 is 0 Å². The lowest BCUT2D eigenvalue weighted by molar-refractivity contribution is 0.253. The van der Waals surface area contributed by atoms with Crippen molar-refractivity contribution in [2.75, 3.05) is 19.6 Å². The van der Waals surface area contributed by atoms with E-state index in [0.717, 1.165) is 25.3 Å². The van der Waals surface area contributed by atoms with Gasteiger partial charge in [-0.25, -0.2) is 4.68 Å². The molecule has 4 nitrogen and oxygen atoms in total. The van der Waals surface area contributed by atoms with Crippen molar-refractivity contribution in [3.05, 3.63) is 48.3 Å². The molecule has 0 radical (unpaired) electrons. The molecule has 2 N–H and O–H groups in total. The van der Waals surface area contributed by atoms with Crippen LogP contribution in [-0.2, 0) is 0 Å². The average Bonchev–Trinajstić information content (AvgIpc) is 3.17. The molecule has 1 aliphatic heterocycles. The van der Waals surface area contributed by atoms with Gasteiger partial charge >= 0.3 is 0 Å². The molecule has 0 saturated carbocycles. The summed E-state index contributed by atoms with van der Waals surface area (Å²) in [6, 6.07) is 10.6. The first-order chi connectivity index (χ1) is 9.78. The first-order valence-electron chi connectivity index (χ1n) is 7.32. The lowest BCUT2D eigenvalue weighted by atomic mass is 10.1. The SMILES string of the molecule is CC(c1cnn(-c2ccccc2)c1)N1CCC(CN)C1. The number of para-hydroxylation sites is 1. The largest absolute Gasteiger partial charge is 0.330 e. The smallest absolute Gasteiger partial charge is 0.0645 e. The van der Waals surface area contributed by atoms with Gasteiger partial charge in [-0.15, -0.1) is 0 Å². The van der Waals surface area contributed by atoms with E-state index in [4.69, 9.17) is 5.73 Å². The quantitative estimate of drug-likeness (QED) is 0.926. The highest BCUT2D eigenvalue weighted by atomic mass is 15.3. The topological polar surface area (TPSA) is 47.1 Å². The second-order valence-electron chi connectivity index (χ2n) is 5.62. The standard InChI is InChI=1S/C16H22N4/c1-13(19-8-7-14(9-17)11-19)15-10-18-20(12-15)16-5-3-2-4-6-16/h2-6,10,12-14H,7-9,11,17H2,1H3. The van der Waals surface area contributed by atoms with Crippen molar-refractivity contribution in [3.8, 4) is 5.69 Å². The summed E-state index contributed by atoms with van der Waals surface area (Å²) in [6.45, 7) is 5.30. The maximum atomic E-state index is 5.77. The van der Waals surface area contributed by atoms with E-state index in [1.54, 1.807) is 0 Å². The van der Waals surface area contributed by atoms with Gasteiger partial charge in [0, 0.05) is 24.3 Å². The third-order valence-corrected chi connectivity index (χ3v) is 4.30. The van der Waals surface area contributed by atoms with Crippen LogP contribution in [0.3, 0.4) is 0 Å². The summed E-state index contributed by atoms with van der Waals surface area (Å²) in [4.78, 5) is 2.50. The van der Waals surface area contributed by atoms with Crippen LogP contribution >= 0.6 is 0 Å². The summed E-state index contributed by atoms with van der Waals surface area (Å²) in [6.07, 6.45) is 5.33. The highest BCUT2D eigenvalue weighted by Gasteiger charge is 2.26. The van der Waals surface area contributed by atoms with Gasteiger partial charge in [0.15, 0.2) is 0 Å². The van der Waals surface area contributed by atoms with Crippen LogP contribution in [0.2, 0.25) is 0 Å². The molecule has 0 bridgehead atoms. The van der Waals surface area contributed by atoms with Crippen molar-refractivity contribution in [1.82, 2.24) is 14.7 Å². The minimum Gasteiger partial charge on any atom is -0.330 e. The number of nitrogens with two attached hydrogens (primary N) is 1. The third-order valence-electron chi connectivity index (χ3n) is 4.30. The number of hydrogen-bond donors (Lipinski definition) is 1. The van der Waals surface area contributed by atoms with Crippen molar-refractivity contribution in [1.29, 1.82) is 0 Å². The zero-order valence-corrected chi connectivity index (χ0v) is 11.9. The average molecular weight is 270 g/mol. The van der Waals surface area contributed by atoms with Gasteiger partial charge in [0.25, 0.3) is 0 Å². The third kappa shape index (κ3) is 2.62. The first-order valence-corrected chi connectivity index (χ1v) is 7.32. The highest BCUT2D eigenvalue weighted by molar-refractivity contribution is 5.31. The zero-order valence-electron chi connectivity index (χ0n) is 11.9. The fraction of sp³-hybridized carbons (Fsp3) is 0.438. The van der Waals surface area contributed by atoms with Crippen LogP contribution in [0.4, 0.5) is 0 Å². The number of hydrogen-bond acceptors (Lipinski definition) is 3. The normalized spacial score (nSPS) is 21.2. The maximum Gasteiger partial charge on any atom is 0.0645 e. The highest BCUT2D eigenvalue weighted by Crippen LogP contribution is 2.27. The van der Waals surface area contributed by atoms with Crippen LogP contribution < -0.4 is 5.73 Å². The predicted molar refractivity (Wildman–Crippen MR) is 80.7 cm³/mol. The van der Waals surface area contributed by atoms with Crippen LogP contribution in [0.15, 0.2) is 42.7 Å². The maximum absolute atomic E-state index is 5.77. The van der Waals surface area contributed by atoms with Crippen LogP contribution in [-0.4, -0.2) is 34.3 Å². The monoisotopic (exact) mass is 270 g/mol. The number of likely N-dealkylation sites (tertiary alicyclic amines) is 1. The Labute approximate surface area is 120 Å². The Bertz CT molecular complexity index is 549. The van der Waals surface area contributed by atoms with E-state index in [2.05, 4.69) is 35.3 Å². The summed E-state index contributed by atoms with van der Waals surface area (Å²) >= 11 is 0. The number of aromatic nitrogens is 2. The van der Waals surface area contributed by atoms with Gasteiger partial charge in [-0.1, -0.05) is 18.2 Å². The minimum atomic E-state index is 0.406. The molecule has 1 aliphatic rings. The second kappa shape index (κ2) is 5.77. The van der Waals surface area contributed by atoms with Crippen LogP contribution in [0.1, 0.15) is 24.9 Å². The fourth-order valence-corrected chi connectivity index (χ4v) is 2.89. The Hall–Kier alpha value is -1.65. The molecular weight excluding hydrogens is 248 g/mol. The molecule has 0 aliphatic carbocycles. The van der Waals surface area contributed by atoms with Gasteiger partial charge < -0.3 is 5.73 Å². The Balaban J connectivity index is 1.74. The van der Waals surface area contributed by atoms with Gasteiger partial charge in [0.1, 0.15) is 0 Å². The van der Waals surface area contributed by atoms with Crippen LogP contribution in [0, 0.1) is 5.92 Å². The molecule has 2 aromatic rings. The van der Waals surface area contributed by atoms with Crippen molar-refractivity contribution in [2.24, 2.45) is 11.7 Å². The predicted octanol–water partition coefficient (Wildman–Crippen LogP) is 2.21. The van der Waals surface area contributed by atoms with Crippen LogP contribution in [0.25, 0.3) is 5.69 Å². The molecule has 1 aromatic carbocycles. The van der Waals surface area contributed by atoms with E-state index in [1.165, 1.54) is 12.0 Å². The molecule has 20 heavy (non-hydrogen) atoms. The summed E-state index contributed by atoms with van der Waals surface area (Å²) in [7, 11) is 0. The van der Waals surface area contributed by atoms with E-state index < -0.39 is 0 Å². The Kier molecular flexibility index (Phi) is 3.85. The molecule has 106 valence electrons. The van der Waals surface area contributed by atoms with E-state index in [0.29, 0.717) is 12.0 Å². The molecule has 1 saturated heterocycles. The molecule has 2 unspecified atom stereocenters. The van der Waals surface area contributed by atoms with Gasteiger partial charge in [-0.2, -0.15) is 5.10 Å². The lowest BCUT2D eigenvalue weighted by Gasteiger charge is -2.23. The lowest BCUT2D eigenvalue weighted by Crippen LogP contribution is -2.26. The molecular formula is C16H22N4. The molecule has 0 spiro atoms. The van der Waals surface area contributed by atoms with Crippen molar-refractivity contribution >= 4 is 0 Å². The number of nitrogens with zero attached hydrogens (tertiary/aromatic N) is 3. The van der Waals surface area contributed by atoms with Gasteiger partial charge in [0.05, 0.1) is 11.9 Å².